The molecule has 0 spiro atoms. The highest BCUT2D eigenvalue weighted by Crippen LogP contribution is 2.27. The van der Waals surface area contributed by atoms with Crippen molar-refractivity contribution < 1.29 is 18.3 Å². The van der Waals surface area contributed by atoms with Gasteiger partial charge in [0, 0.05) is 6.04 Å². The summed E-state index contributed by atoms with van der Waals surface area (Å²) in [6.07, 6.45) is 3.52. The largest absolute Gasteiger partial charge is 0.481 e. The molecule has 5 nitrogen and oxygen atoms in total. The number of hydrogen-bond donors (Lipinski definition) is 2. The fraction of sp³-hybridized carbons (Fsp3) is 0.909. The number of carboxylic acid groups (broad SMARTS) is 1. The molecule has 0 aromatic rings. The van der Waals surface area contributed by atoms with Gasteiger partial charge < -0.3 is 5.11 Å². The van der Waals surface area contributed by atoms with Crippen molar-refractivity contribution in [3.05, 3.63) is 0 Å². The first-order valence-electron chi connectivity index (χ1n) is 6.07. The Morgan fingerprint density at radius 1 is 1.35 bits per heavy atom. The third kappa shape index (κ3) is 5.04. The molecular weight excluding hydrogens is 242 g/mol. The first-order chi connectivity index (χ1) is 7.83. The van der Waals surface area contributed by atoms with E-state index in [1.165, 1.54) is 0 Å². The summed E-state index contributed by atoms with van der Waals surface area (Å²) in [4.78, 5) is 10.6. The second-order valence-electron chi connectivity index (χ2n) is 4.93. The Morgan fingerprint density at radius 2 is 1.94 bits per heavy atom. The first-order valence-corrected chi connectivity index (χ1v) is 7.61. The molecule has 1 rings (SSSR count). The number of hydrogen-bond acceptors (Lipinski definition) is 3. The fourth-order valence-corrected chi connectivity index (χ4v) is 3.30. The van der Waals surface area contributed by atoms with E-state index < -0.39 is 16.0 Å². The van der Waals surface area contributed by atoms with Crippen molar-refractivity contribution in [2.24, 2.45) is 5.92 Å². The van der Waals surface area contributed by atoms with E-state index in [0.29, 0.717) is 12.8 Å². The van der Waals surface area contributed by atoms with Crippen molar-refractivity contribution in [2.45, 2.75) is 57.2 Å². The number of rotatable bonds is 8. The number of aliphatic carboxylic acids is 1. The van der Waals surface area contributed by atoms with E-state index in [9.17, 15) is 13.2 Å². The summed E-state index contributed by atoms with van der Waals surface area (Å²) in [5, 5.41) is 8.51. The van der Waals surface area contributed by atoms with Gasteiger partial charge in [-0.05, 0) is 32.6 Å². The molecule has 0 heterocycles. The summed E-state index contributed by atoms with van der Waals surface area (Å²) >= 11 is 0. The maximum Gasteiger partial charge on any atom is 0.306 e. The van der Waals surface area contributed by atoms with Crippen molar-refractivity contribution in [1.29, 1.82) is 0 Å². The van der Waals surface area contributed by atoms with E-state index in [4.69, 9.17) is 5.11 Å². The van der Waals surface area contributed by atoms with Crippen LogP contribution in [0.15, 0.2) is 0 Å². The zero-order valence-corrected chi connectivity index (χ0v) is 11.2. The van der Waals surface area contributed by atoms with E-state index in [1.807, 2.05) is 6.92 Å². The molecule has 0 radical (unpaired) electrons. The summed E-state index contributed by atoms with van der Waals surface area (Å²) in [5.41, 5.74) is 0. The Kier molecular flexibility index (Phi) is 4.94. The molecule has 0 aromatic heterocycles. The van der Waals surface area contributed by atoms with Crippen molar-refractivity contribution in [1.82, 2.24) is 4.72 Å². The Morgan fingerprint density at radius 3 is 2.41 bits per heavy atom. The second-order valence-corrected chi connectivity index (χ2v) is 6.93. The molecule has 1 saturated carbocycles. The van der Waals surface area contributed by atoms with Crippen molar-refractivity contribution in [3.63, 3.8) is 0 Å². The standard InChI is InChI=1S/C11H21NO4S/c1-8(11(13)14)4-3-5-9(2)12-17(15,16)10-6-7-10/h8-10,12H,3-7H2,1-2H3,(H,13,14). The minimum absolute atomic E-state index is 0.110. The van der Waals surface area contributed by atoms with Gasteiger partial charge in [0.2, 0.25) is 10.0 Å². The lowest BCUT2D eigenvalue weighted by Gasteiger charge is -2.14. The molecular formula is C11H21NO4S. The Bertz CT molecular complexity index is 362. The van der Waals surface area contributed by atoms with Gasteiger partial charge >= 0.3 is 5.97 Å². The van der Waals surface area contributed by atoms with Crippen LogP contribution in [0.1, 0.15) is 46.0 Å². The van der Waals surface area contributed by atoms with Gasteiger partial charge in [0.05, 0.1) is 11.2 Å². The van der Waals surface area contributed by atoms with Crippen LogP contribution in [0.5, 0.6) is 0 Å². The van der Waals surface area contributed by atoms with E-state index in [2.05, 4.69) is 4.72 Å². The number of sulfonamides is 1. The third-order valence-corrected chi connectivity index (χ3v) is 5.10. The molecule has 0 aromatic carbocycles. The first kappa shape index (κ1) is 14.4. The highest BCUT2D eigenvalue weighted by atomic mass is 32.2. The predicted molar refractivity (Wildman–Crippen MR) is 65.2 cm³/mol. The zero-order valence-electron chi connectivity index (χ0n) is 10.3. The highest BCUT2D eigenvalue weighted by Gasteiger charge is 2.36. The normalized spacial score (nSPS) is 19.9. The number of carboxylic acids is 1. The van der Waals surface area contributed by atoms with Crippen LogP contribution in [-0.4, -0.2) is 30.8 Å². The summed E-state index contributed by atoms with van der Waals surface area (Å²) in [6.45, 7) is 3.49. The van der Waals surface area contributed by atoms with Gasteiger partial charge in [0.15, 0.2) is 0 Å². The molecule has 100 valence electrons. The maximum atomic E-state index is 11.6. The topological polar surface area (TPSA) is 83.5 Å². The smallest absolute Gasteiger partial charge is 0.306 e. The minimum Gasteiger partial charge on any atom is -0.481 e. The molecule has 6 heteroatoms. The van der Waals surface area contributed by atoms with Gasteiger partial charge in [-0.25, -0.2) is 13.1 Å². The van der Waals surface area contributed by atoms with Crippen LogP contribution in [0.4, 0.5) is 0 Å². The maximum absolute atomic E-state index is 11.6. The summed E-state index contributed by atoms with van der Waals surface area (Å²) in [7, 11) is -3.12. The molecule has 2 N–H and O–H groups in total. The highest BCUT2D eigenvalue weighted by molar-refractivity contribution is 7.90. The number of carbonyl (C=O) groups is 1. The monoisotopic (exact) mass is 263 g/mol. The summed E-state index contributed by atoms with van der Waals surface area (Å²) in [6, 6.07) is -0.110. The molecule has 17 heavy (non-hydrogen) atoms. The lowest BCUT2D eigenvalue weighted by Crippen LogP contribution is -2.35. The van der Waals surface area contributed by atoms with Gasteiger partial charge in [-0.3, -0.25) is 4.79 Å². The Balaban J connectivity index is 2.21. The Hall–Kier alpha value is -0.620. The lowest BCUT2D eigenvalue weighted by atomic mass is 10.0. The molecule has 0 amide bonds. The molecule has 1 fully saturated rings. The van der Waals surface area contributed by atoms with Crippen LogP contribution >= 0.6 is 0 Å². The van der Waals surface area contributed by atoms with Crippen LogP contribution in [0.25, 0.3) is 0 Å². The van der Waals surface area contributed by atoms with E-state index in [0.717, 1.165) is 19.3 Å². The van der Waals surface area contributed by atoms with E-state index in [1.54, 1.807) is 6.92 Å². The van der Waals surface area contributed by atoms with E-state index >= 15 is 0 Å². The van der Waals surface area contributed by atoms with Crippen molar-refractivity contribution in [2.75, 3.05) is 0 Å². The summed E-state index contributed by atoms with van der Waals surface area (Å²) < 4.78 is 25.9. The molecule has 1 aliphatic rings. The van der Waals surface area contributed by atoms with E-state index in [-0.39, 0.29) is 17.2 Å². The molecule has 0 saturated heterocycles. The van der Waals surface area contributed by atoms with Gasteiger partial charge in [0.1, 0.15) is 0 Å². The zero-order chi connectivity index (χ0) is 13.1. The fourth-order valence-electron chi connectivity index (χ4n) is 1.67. The quantitative estimate of drug-likeness (QED) is 0.692. The van der Waals surface area contributed by atoms with Crippen LogP contribution < -0.4 is 4.72 Å². The molecule has 2 atom stereocenters. The van der Waals surface area contributed by atoms with Crippen LogP contribution in [0, 0.1) is 5.92 Å². The molecule has 0 bridgehead atoms. The van der Waals surface area contributed by atoms with Gasteiger partial charge in [-0.1, -0.05) is 13.3 Å². The average Bonchev–Trinajstić information content (AvgIpc) is 2.99. The SMILES string of the molecule is CC(CCCC(C)C(=O)O)NS(=O)(=O)C1CC1. The second kappa shape index (κ2) is 5.82. The van der Waals surface area contributed by atoms with Gasteiger partial charge in [0.25, 0.3) is 0 Å². The lowest BCUT2D eigenvalue weighted by molar-refractivity contribution is -0.141. The predicted octanol–water partition coefficient (Wildman–Crippen LogP) is 1.35. The van der Waals surface area contributed by atoms with Crippen LogP contribution in [0.2, 0.25) is 0 Å². The van der Waals surface area contributed by atoms with Crippen LogP contribution in [0.3, 0.4) is 0 Å². The molecule has 1 aliphatic carbocycles. The van der Waals surface area contributed by atoms with Crippen LogP contribution in [-0.2, 0) is 14.8 Å². The third-order valence-electron chi connectivity index (χ3n) is 3.02. The average molecular weight is 263 g/mol. The number of nitrogens with one attached hydrogen (secondary N) is 1. The van der Waals surface area contributed by atoms with Crippen molar-refractivity contribution in [3.8, 4) is 0 Å². The minimum atomic E-state index is -3.12. The van der Waals surface area contributed by atoms with Gasteiger partial charge in [-0.2, -0.15) is 0 Å². The Labute approximate surface area is 103 Å². The van der Waals surface area contributed by atoms with Crippen molar-refractivity contribution >= 4 is 16.0 Å². The molecule has 2 unspecified atom stereocenters. The molecule has 0 aliphatic heterocycles. The van der Waals surface area contributed by atoms with Gasteiger partial charge in [-0.15, -0.1) is 0 Å². The summed E-state index contributed by atoms with van der Waals surface area (Å²) in [5.74, 6) is -1.15.